The van der Waals surface area contributed by atoms with Gasteiger partial charge in [-0.25, -0.2) is 0 Å². The van der Waals surface area contributed by atoms with Gasteiger partial charge >= 0.3 is 0 Å². The highest BCUT2D eigenvalue weighted by Gasteiger charge is 2.10. The SMILES string of the molecule is COc1ccc(C(=O)Nc2cc(C)c(I)c(C)c2)cc1Cl. The first kappa shape index (κ1) is 16.1. The van der Waals surface area contributed by atoms with Gasteiger partial charge in [-0.3, -0.25) is 4.79 Å². The Morgan fingerprint density at radius 2 is 1.81 bits per heavy atom. The molecule has 0 spiro atoms. The normalized spacial score (nSPS) is 10.3. The number of aryl methyl sites for hydroxylation is 2. The van der Waals surface area contributed by atoms with Crippen molar-refractivity contribution in [2.24, 2.45) is 0 Å². The molecule has 0 heterocycles. The second-order valence-corrected chi connectivity index (χ2v) is 6.21. The summed E-state index contributed by atoms with van der Waals surface area (Å²) in [6.45, 7) is 4.04. The summed E-state index contributed by atoms with van der Waals surface area (Å²) < 4.78 is 6.28. The van der Waals surface area contributed by atoms with Crippen LogP contribution in [-0.2, 0) is 0 Å². The molecule has 110 valence electrons. The number of anilines is 1. The average Bonchev–Trinajstić information content (AvgIpc) is 2.44. The molecule has 2 aromatic rings. The maximum Gasteiger partial charge on any atom is 0.255 e. The predicted molar refractivity (Wildman–Crippen MR) is 94.6 cm³/mol. The summed E-state index contributed by atoms with van der Waals surface area (Å²) in [5, 5.41) is 3.31. The number of hydrogen-bond donors (Lipinski definition) is 1. The third kappa shape index (κ3) is 3.68. The van der Waals surface area contributed by atoms with E-state index < -0.39 is 0 Å². The second kappa shape index (κ2) is 6.66. The Balaban J connectivity index is 2.24. The van der Waals surface area contributed by atoms with Crippen LogP contribution in [0.15, 0.2) is 30.3 Å². The summed E-state index contributed by atoms with van der Waals surface area (Å²) in [7, 11) is 1.54. The van der Waals surface area contributed by atoms with Gasteiger partial charge in [-0.15, -0.1) is 0 Å². The Bertz CT molecular complexity index is 678. The van der Waals surface area contributed by atoms with E-state index in [1.165, 1.54) is 10.7 Å². The summed E-state index contributed by atoms with van der Waals surface area (Å²) in [6.07, 6.45) is 0. The summed E-state index contributed by atoms with van der Waals surface area (Å²) in [5.41, 5.74) is 3.55. The third-order valence-corrected chi connectivity index (χ3v) is 5.11. The van der Waals surface area contributed by atoms with Crippen LogP contribution in [0.25, 0.3) is 0 Å². The van der Waals surface area contributed by atoms with Gasteiger partial charge in [0.2, 0.25) is 0 Å². The van der Waals surface area contributed by atoms with Gasteiger partial charge in [-0.2, -0.15) is 0 Å². The van der Waals surface area contributed by atoms with Crippen molar-refractivity contribution in [3.05, 3.63) is 55.6 Å². The van der Waals surface area contributed by atoms with Crippen molar-refractivity contribution in [1.82, 2.24) is 0 Å². The van der Waals surface area contributed by atoms with Crippen molar-refractivity contribution < 1.29 is 9.53 Å². The zero-order valence-electron chi connectivity index (χ0n) is 12.0. The number of rotatable bonds is 3. The second-order valence-electron chi connectivity index (χ2n) is 4.73. The number of ether oxygens (including phenoxy) is 1. The van der Waals surface area contributed by atoms with Crippen molar-refractivity contribution in [2.45, 2.75) is 13.8 Å². The van der Waals surface area contributed by atoms with Crippen molar-refractivity contribution in [3.63, 3.8) is 0 Å². The van der Waals surface area contributed by atoms with Gasteiger partial charge in [-0.05, 0) is 77.9 Å². The van der Waals surface area contributed by atoms with Crippen LogP contribution in [-0.4, -0.2) is 13.0 Å². The number of carbonyl (C=O) groups excluding carboxylic acids is 1. The molecule has 2 rings (SSSR count). The van der Waals surface area contributed by atoms with Gasteiger partial charge in [0.15, 0.2) is 0 Å². The molecule has 0 bridgehead atoms. The van der Waals surface area contributed by atoms with Crippen LogP contribution in [0.1, 0.15) is 21.5 Å². The first-order valence-corrected chi connectivity index (χ1v) is 7.79. The zero-order chi connectivity index (χ0) is 15.6. The molecule has 1 amide bonds. The lowest BCUT2D eigenvalue weighted by Gasteiger charge is -2.10. The Hall–Kier alpha value is -1.27. The van der Waals surface area contributed by atoms with Crippen molar-refractivity contribution in [1.29, 1.82) is 0 Å². The molecule has 0 aliphatic heterocycles. The maximum atomic E-state index is 12.3. The summed E-state index contributed by atoms with van der Waals surface area (Å²) in [6, 6.07) is 8.88. The predicted octanol–water partition coefficient (Wildman–Crippen LogP) is 4.82. The average molecular weight is 416 g/mol. The van der Waals surface area contributed by atoms with E-state index in [9.17, 15) is 4.79 Å². The van der Waals surface area contributed by atoms with Gasteiger partial charge in [0.25, 0.3) is 5.91 Å². The van der Waals surface area contributed by atoms with Gasteiger partial charge in [0, 0.05) is 14.8 Å². The van der Waals surface area contributed by atoms with Crippen molar-refractivity contribution in [3.8, 4) is 5.75 Å². The molecule has 3 nitrogen and oxygen atoms in total. The summed E-state index contributed by atoms with van der Waals surface area (Å²) >= 11 is 8.34. The van der Waals surface area contributed by atoms with E-state index in [2.05, 4.69) is 27.9 Å². The number of amides is 1. The molecular formula is C16H15ClINO2. The van der Waals surface area contributed by atoms with Crippen LogP contribution >= 0.6 is 34.2 Å². The van der Waals surface area contributed by atoms with Crippen LogP contribution < -0.4 is 10.1 Å². The fourth-order valence-corrected chi connectivity index (χ4v) is 2.60. The minimum Gasteiger partial charge on any atom is -0.495 e. The summed E-state index contributed by atoms with van der Waals surface area (Å²) in [4.78, 5) is 12.3. The topological polar surface area (TPSA) is 38.3 Å². The Kier molecular flexibility index (Phi) is 5.11. The quantitative estimate of drug-likeness (QED) is 0.730. The lowest BCUT2D eigenvalue weighted by atomic mass is 10.1. The number of benzene rings is 2. The van der Waals surface area contributed by atoms with E-state index in [0.717, 1.165) is 16.8 Å². The number of carbonyl (C=O) groups is 1. The fraction of sp³-hybridized carbons (Fsp3) is 0.188. The lowest BCUT2D eigenvalue weighted by molar-refractivity contribution is 0.102. The smallest absolute Gasteiger partial charge is 0.255 e. The highest BCUT2D eigenvalue weighted by molar-refractivity contribution is 14.1. The minimum atomic E-state index is -0.195. The maximum absolute atomic E-state index is 12.3. The Morgan fingerprint density at radius 3 is 2.33 bits per heavy atom. The van der Waals surface area contributed by atoms with E-state index in [1.54, 1.807) is 18.2 Å². The van der Waals surface area contributed by atoms with E-state index in [-0.39, 0.29) is 5.91 Å². The largest absolute Gasteiger partial charge is 0.495 e. The first-order chi connectivity index (χ1) is 9.92. The van der Waals surface area contributed by atoms with Crippen LogP contribution in [0.4, 0.5) is 5.69 Å². The lowest BCUT2D eigenvalue weighted by Crippen LogP contribution is -2.12. The van der Waals surface area contributed by atoms with E-state index in [4.69, 9.17) is 16.3 Å². The van der Waals surface area contributed by atoms with Crippen LogP contribution in [0.2, 0.25) is 5.02 Å². The number of methoxy groups -OCH3 is 1. The Labute approximate surface area is 142 Å². The third-order valence-electron chi connectivity index (χ3n) is 3.11. The number of nitrogens with one attached hydrogen (secondary N) is 1. The van der Waals surface area contributed by atoms with Crippen LogP contribution in [0, 0.1) is 17.4 Å². The Morgan fingerprint density at radius 1 is 1.19 bits per heavy atom. The molecular weight excluding hydrogens is 401 g/mol. The van der Waals surface area contributed by atoms with Crippen molar-refractivity contribution in [2.75, 3.05) is 12.4 Å². The van der Waals surface area contributed by atoms with Crippen molar-refractivity contribution >= 4 is 45.8 Å². The molecule has 21 heavy (non-hydrogen) atoms. The minimum absolute atomic E-state index is 0.195. The van der Waals surface area contributed by atoms with Gasteiger partial charge in [-0.1, -0.05) is 11.6 Å². The van der Waals surface area contributed by atoms with Crippen LogP contribution in [0.3, 0.4) is 0 Å². The molecule has 0 aromatic heterocycles. The fourth-order valence-electron chi connectivity index (χ4n) is 2.03. The monoisotopic (exact) mass is 415 g/mol. The molecule has 5 heteroatoms. The van der Waals surface area contributed by atoms with E-state index >= 15 is 0 Å². The van der Waals surface area contributed by atoms with Gasteiger partial charge in [0.1, 0.15) is 5.75 Å². The highest BCUT2D eigenvalue weighted by atomic mass is 127. The van der Waals surface area contributed by atoms with Gasteiger partial charge < -0.3 is 10.1 Å². The highest BCUT2D eigenvalue weighted by Crippen LogP contribution is 2.26. The molecule has 0 saturated carbocycles. The van der Waals surface area contributed by atoms with E-state index in [1.807, 2.05) is 26.0 Å². The molecule has 0 fully saturated rings. The molecule has 0 unspecified atom stereocenters. The van der Waals surface area contributed by atoms with Gasteiger partial charge in [0.05, 0.1) is 12.1 Å². The van der Waals surface area contributed by atoms with Crippen LogP contribution in [0.5, 0.6) is 5.75 Å². The standard InChI is InChI=1S/C16H15ClINO2/c1-9-6-12(7-10(2)15(9)18)19-16(20)11-4-5-14(21-3)13(17)8-11/h4-8H,1-3H3,(H,19,20). The molecule has 2 aromatic carbocycles. The number of hydrogen-bond acceptors (Lipinski definition) is 2. The molecule has 0 radical (unpaired) electrons. The molecule has 0 atom stereocenters. The molecule has 0 saturated heterocycles. The molecule has 0 aliphatic carbocycles. The molecule has 0 aliphatic rings. The zero-order valence-corrected chi connectivity index (χ0v) is 14.9. The first-order valence-electron chi connectivity index (χ1n) is 6.34. The number of halogens is 2. The summed E-state index contributed by atoms with van der Waals surface area (Å²) in [5.74, 6) is 0.355. The van der Waals surface area contributed by atoms with E-state index in [0.29, 0.717) is 16.3 Å². The molecule has 1 N–H and O–H groups in total.